The van der Waals surface area contributed by atoms with Gasteiger partial charge < -0.3 is 0 Å². The van der Waals surface area contributed by atoms with E-state index in [1.807, 2.05) is 50.3 Å². The summed E-state index contributed by atoms with van der Waals surface area (Å²) in [7, 11) is 0. The third-order valence-electron chi connectivity index (χ3n) is 2.53. The molecule has 1 rings (SSSR count). The fourth-order valence-corrected chi connectivity index (χ4v) is 1.43. The van der Waals surface area contributed by atoms with Gasteiger partial charge in [0.25, 0.3) is 0 Å². The Kier molecular flexibility index (Phi) is 3.09. The van der Waals surface area contributed by atoms with Crippen molar-refractivity contribution in [3.05, 3.63) is 48.6 Å². The van der Waals surface area contributed by atoms with Crippen LogP contribution < -0.4 is 0 Å². The Morgan fingerprint density at radius 3 is 2.36 bits per heavy atom. The molecule has 1 unspecified atom stereocenters. The predicted molar refractivity (Wildman–Crippen MR) is 58.8 cm³/mol. The normalized spacial score (nSPS) is 12.9. The first-order valence-corrected chi connectivity index (χ1v) is 4.70. The van der Waals surface area contributed by atoms with Crippen molar-refractivity contribution in [2.24, 2.45) is 5.41 Å². The predicted octanol–water partition coefficient (Wildman–Crippen LogP) is 3.51. The zero-order valence-electron chi connectivity index (χ0n) is 8.70. The molecule has 1 heteroatoms. The van der Waals surface area contributed by atoms with Crippen LogP contribution in [0.4, 0.5) is 0 Å². The molecule has 0 aliphatic carbocycles. The third-order valence-corrected chi connectivity index (χ3v) is 2.53. The number of nitrogens with zero attached hydrogens (tertiary/aromatic N) is 1. The fourth-order valence-electron chi connectivity index (χ4n) is 1.43. The van der Waals surface area contributed by atoms with E-state index >= 15 is 0 Å². The lowest BCUT2D eigenvalue weighted by molar-refractivity contribution is 0.434. The van der Waals surface area contributed by atoms with E-state index in [9.17, 15) is 0 Å². The smallest absolute Gasteiger partial charge is 0.0797 e. The molecule has 0 aromatic heterocycles. The average molecular weight is 185 g/mol. The first kappa shape index (κ1) is 10.5. The second-order valence-corrected chi connectivity index (χ2v) is 4.00. The van der Waals surface area contributed by atoms with Crippen LogP contribution in [0.1, 0.15) is 25.3 Å². The first-order valence-electron chi connectivity index (χ1n) is 4.70. The molecule has 0 N–H and O–H groups in total. The summed E-state index contributed by atoms with van der Waals surface area (Å²) in [5, 5.41) is 9.15. The molecule has 0 aliphatic rings. The Balaban J connectivity index is 3.07. The van der Waals surface area contributed by atoms with Crippen molar-refractivity contribution < 1.29 is 0 Å². The van der Waals surface area contributed by atoms with Gasteiger partial charge in [0.15, 0.2) is 0 Å². The monoisotopic (exact) mass is 185 g/mol. The second kappa shape index (κ2) is 4.11. The topological polar surface area (TPSA) is 23.8 Å². The van der Waals surface area contributed by atoms with E-state index in [1.165, 1.54) is 0 Å². The summed E-state index contributed by atoms with van der Waals surface area (Å²) >= 11 is 0. The maximum atomic E-state index is 9.15. The molecule has 0 radical (unpaired) electrons. The van der Waals surface area contributed by atoms with Gasteiger partial charge in [0, 0.05) is 5.41 Å². The Morgan fingerprint density at radius 2 is 1.93 bits per heavy atom. The van der Waals surface area contributed by atoms with Crippen molar-refractivity contribution >= 4 is 0 Å². The maximum absolute atomic E-state index is 9.15. The molecule has 0 saturated carbocycles. The lowest BCUT2D eigenvalue weighted by Gasteiger charge is -2.26. The largest absolute Gasteiger partial charge is 0.198 e. The molecule has 1 aromatic carbocycles. The van der Waals surface area contributed by atoms with Crippen LogP contribution in [0.3, 0.4) is 0 Å². The fraction of sp³-hybridized carbons (Fsp3) is 0.308. The molecule has 14 heavy (non-hydrogen) atoms. The molecule has 1 aromatic rings. The van der Waals surface area contributed by atoms with Gasteiger partial charge in [-0.05, 0) is 5.56 Å². The van der Waals surface area contributed by atoms with Crippen molar-refractivity contribution in [2.75, 3.05) is 0 Å². The molecule has 0 saturated heterocycles. The number of allylic oxidation sites excluding steroid dienone is 1. The standard InChI is InChI=1S/C13H15N/c1-4-13(2,3)12(10-14)11-8-6-5-7-9-11/h4-9,12H,1H2,2-3H3. The van der Waals surface area contributed by atoms with Gasteiger partial charge in [0.1, 0.15) is 0 Å². The molecule has 0 bridgehead atoms. The van der Waals surface area contributed by atoms with E-state index in [2.05, 4.69) is 12.6 Å². The van der Waals surface area contributed by atoms with Crippen LogP contribution in [0.25, 0.3) is 0 Å². The molecule has 0 heterocycles. The van der Waals surface area contributed by atoms with Crippen molar-refractivity contribution in [3.8, 4) is 6.07 Å². The highest BCUT2D eigenvalue weighted by Crippen LogP contribution is 2.35. The van der Waals surface area contributed by atoms with Gasteiger partial charge in [-0.2, -0.15) is 5.26 Å². The van der Waals surface area contributed by atoms with Crippen LogP contribution in [0.5, 0.6) is 0 Å². The maximum Gasteiger partial charge on any atom is 0.0797 e. The molecule has 0 amide bonds. The van der Waals surface area contributed by atoms with E-state index in [0.717, 1.165) is 5.56 Å². The van der Waals surface area contributed by atoms with Crippen LogP contribution in [-0.4, -0.2) is 0 Å². The molecular formula is C13H15N. The van der Waals surface area contributed by atoms with Gasteiger partial charge in [0.05, 0.1) is 12.0 Å². The summed E-state index contributed by atoms with van der Waals surface area (Å²) < 4.78 is 0. The van der Waals surface area contributed by atoms with E-state index in [0.29, 0.717) is 0 Å². The summed E-state index contributed by atoms with van der Waals surface area (Å²) in [5.41, 5.74) is 0.871. The molecule has 1 nitrogen and oxygen atoms in total. The molecular weight excluding hydrogens is 170 g/mol. The van der Waals surface area contributed by atoms with Crippen LogP contribution in [0.2, 0.25) is 0 Å². The minimum atomic E-state index is -0.184. The summed E-state index contributed by atoms with van der Waals surface area (Å²) in [5.74, 6) is -0.124. The summed E-state index contributed by atoms with van der Waals surface area (Å²) in [4.78, 5) is 0. The molecule has 0 fully saturated rings. The number of hydrogen-bond acceptors (Lipinski definition) is 1. The Bertz CT molecular complexity index is 343. The molecule has 72 valence electrons. The first-order chi connectivity index (χ1) is 6.61. The lowest BCUT2D eigenvalue weighted by atomic mass is 9.76. The SMILES string of the molecule is C=CC(C)(C)C(C#N)c1ccccc1. The van der Waals surface area contributed by atoms with E-state index in [1.54, 1.807) is 0 Å². The zero-order valence-corrected chi connectivity index (χ0v) is 8.70. The van der Waals surface area contributed by atoms with Crippen molar-refractivity contribution in [2.45, 2.75) is 19.8 Å². The average Bonchev–Trinajstić information content (AvgIpc) is 2.20. The van der Waals surface area contributed by atoms with Gasteiger partial charge in [-0.3, -0.25) is 0 Å². The third kappa shape index (κ3) is 2.03. The summed E-state index contributed by atoms with van der Waals surface area (Å²) in [6.45, 7) is 7.83. The van der Waals surface area contributed by atoms with E-state index in [4.69, 9.17) is 5.26 Å². The highest BCUT2D eigenvalue weighted by atomic mass is 14.4. The van der Waals surface area contributed by atoms with Gasteiger partial charge in [0.2, 0.25) is 0 Å². The van der Waals surface area contributed by atoms with Gasteiger partial charge >= 0.3 is 0 Å². The zero-order chi connectivity index (χ0) is 10.6. The number of nitriles is 1. The molecule has 0 aliphatic heterocycles. The quantitative estimate of drug-likeness (QED) is 0.661. The van der Waals surface area contributed by atoms with Gasteiger partial charge in [-0.15, -0.1) is 6.58 Å². The lowest BCUT2D eigenvalue weighted by Crippen LogP contribution is -2.17. The van der Waals surface area contributed by atoms with E-state index in [-0.39, 0.29) is 11.3 Å². The van der Waals surface area contributed by atoms with Crippen molar-refractivity contribution in [3.63, 3.8) is 0 Å². The molecule has 1 atom stereocenters. The van der Waals surface area contributed by atoms with Crippen LogP contribution in [0.15, 0.2) is 43.0 Å². The Hall–Kier alpha value is -1.55. The highest BCUT2D eigenvalue weighted by molar-refractivity contribution is 5.29. The Labute approximate surface area is 85.7 Å². The van der Waals surface area contributed by atoms with Crippen molar-refractivity contribution in [1.29, 1.82) is 5.26 Å². The number of hydrogen-bond donors (Lipinski definition) is 0. The minimum Gasteiger partial charge on any atom is -0.198 e. The van der Waals surface area contributed by atoms with Crippen molar-refractivity contribution in [1.82, 2.24) is 0 Å². The number of rotatable bonds is 3. The van der Waals surface area contributed by atoms with Gasteiger partial charge in [-0.25, -0.2) is 0 Å². The van der Waals surface area contributed by atoms with E-state index < -0.39 is 0 Å². The van der Waals surface area contributed by atoms with Crippen LogP contribution in [0, 0.1) is 16.7 Å². The van der Waals surface area contributed by atoms with Gasteiger partial charge in [-0.1, -0.05) is 50.3 Å². The Morgan fingerprint density at radius 1 is 1.36 bits per heavy atom. The van der Waals surface area contributed by atoms with Crippen LogP contribution >= 0.6 is 0 Å². The molecule has 0 spiro atoms. The number of benzene rings is 1. The van der Waals surface area contributed by atoms with Crippen LogP contribution in [-0.2, 0) is 0 Å². The highest BCUT2D eigenvalue weighted by Gasteiger charge is 2.27. The minimum absolute atomic E-state index is 0.124. The second-order valence-electron chi connectivity index (χ2n) is 4.00. The summed E-state index contributed by atoms with van der Waals surface area (Å²) in [6, 6.07) is 12.2. The summed E-state index contributed by atoms with van der Waals surface area (Å²) in [6.07, 6.45) is 1.84.